The van der Waals surface area contributed by atoms with Crippen molar-refractivity contribution in [3.8, 4) is 0 Å². The fourth-order valence-corrected chi connectivity index (χ4v) is 1.83. The monoisotopic (exact) mass is 315 g/mol. The van der Waals surface area contributed by atoms with Crippen molar-refractivity contribution in [2.24, 2.45) is 0 Å². The minimum Gasteiger partial charge on any atom is -0.478 e. The number of carbonyl (C=O) groups excluding carboxylic acids is 1. The second-order valence-electron chi connectivity index (χ2n) is 4.56. The largest absolute Gasteiger partial charge is 0.478 e. The van der Waals surface area contributed by atoms with Gasteiger partial charge in [0.05, 0.1) is 16.8 Å². The molecule has 2 aromatic carbocycles. The zero-order valence-corrected chi connectivity index (χ0v) is 11.9. The van der Waals surface area contributed by atoms with Crippen LogP contribution in [0.2, 0.25) is 0 Å². The summed E-state index contributed by atoms with van der Waals surface area (Å²) >= 11 is 0. The van der Waals surface area contributed by atoms with E-state index in [2.05, 4.69) is 5.32 Å². The minimum absolute atomic E-state index is 0.0300. The predicted molar refractivity (Wildman–Crippen MR) is 80.6 cm³/mol. The van der Waals surface area contributed by atoms with Crippen molar-refractivity contribution in [3.05, 3.63) is 65.2 Å². The van der Waals surface area contributed by atoms with Crippen molar-refractivity contribution in [1.82, 2.24) is 0 Å². The van der Waals surface area contributed by atoms with Crippen LogP contribution < -0.4 is 5.32 Å². The Morgan fingerprint density at radius 2 is 1.65 bits per heavy atom. The molecular formula is C16H13NO6. The van der Waals surface area contributed by atoms with Gasteiger partial charge in [-0.1, -0.05) is 30.3 Å². The van der Waals surface area contributed by atoms with Gasteiger partial charge in [-0.05, 0) is 23.8 Å². The lowest BCUT2D eigenvalue weighted by Crippen LogP contribution is -2.16. The van der Waals surface area contributed by atoms with Crippen LogP contribution in [0.1, 0.15) is 26.3 Å². The average molecular weight is 315 g/mol. The molecule has 0 unspecified atom stereocenters. The van der Waals surface area contributed by atoms with Crippen molar-refractivity contribution in [1.29, 1.82) is 0 Å². The van der Waals surface area contributed by atoms with Gasteiger partial charge in [0.15, 0.2) is 0 Å². The van der Waals surface area contributed by atoms with E-state index in [-0.39, 0.29) is 23.4 Å². The lowest BCUT2D eigenvalue weighted by atomic mass is 10.1. The summed E-state index contributed by atoms with van der Waals surface area (Å²) in [7, 11) is 0. The normalized spacial score (nSPS) is 9.91. The third-order valence-electron chi connectivity index (χ3n) is 2.95. The first-order chi connectivity index (χ1) is 11.0. The number of carboxylic acids is 2. The topological polar surface area (TPSA) is 113 Å². The number of hydrogen-bond acceptors (Lipinski definition) is 4. The Bertz CT molecular complexity index is 741. The van der Waals surface area contributed by atoms with E-state index < -0.39 is 18.0 Å². The molecule has 0 spiro atoms. The van der Waals surface area contributed by atoms with Crippen LogP contribution in [-0.2, 0) is 11.3 Å². The Labute approximate surface area is 131 Å². The van der Waals surface area contributed by atoms with Gasteiger partial charge in [0.1, 0.15) is 6.61 Å². The van der Waals surface area contributed by atoms with Crippen LogP contribution in [0.3, 0.4) is 0 Å². The molecule has 1 amide bonds. The maximum atomic E-state index is 11.7. The van der Waals surface area contributed by atoms with Gasteiger partial charge in [0.25, 0.3) is 0 Å². The number of nitrogens with one attached hydrogen (secondary N) is 1. The molecule has 0 atom stereocenters. The summed E-state index contributed by atoms with van der Waals surface area (Å²) in [6.45, 7) is 0.0300. The van der Waals surface area contributed by atoms with E-state index in [1.165, 1.54) is 12.1 Å². The molecule has 0 aliphatic carbocycles. The van der Waals surface area contributed by atoms with Crippen LogP contribution in [0.4, 0.5) is 10.5 Å². The van der Waals surface area contributed by atoms with Crippen LogP contribution in [0, 0.1) is 0 Å². The molecule has 7 nitrogen and oxygen atoms in total. The van der Waals surface area contributed by atoms with Crippen molar-refractivity contribution in [2.75, 3.05) is 5.32 Å². The van der Waals surface area contributed by atoms with Gasteiger partial charge < -0.3 is 14.9 Å². The molecule has 0 saturated heterocycles. The molecule has 0 bridgehead atoms. The van der Waals surface area contributed by atoms with Crippen LogP contribution in [-0.4, -0.2) is 28.2 Å². The summed E-state index contributed by atoms with van der Waals surface area (Å²) < 4.78 is 4.99. The lowest BCUT2D eigenvalue weighted by Gasteiger charge is -2.10. The van der Waals surface area contributed by atoms with Gasteiger partial charge in [0, 0.05) is 0 Å². The van der Waals surface area contributed by atoms with Crippen LogP contribution in [0.25, 0.3) is 0 Å². The van der Waals surface area contributed by atoms with E-state index in [4.69, 9.17) is 14.9 Å². The first-order valence-corrected chi connectivity index (χ1v) is 6.55. The zero-order chi connectivity index (χ0) is 16.8. The molecule has 0 aliphatic heterocycles. The van der Waals surface area contributed by atoms with Gasteiger partial charge in [-0.15, -0.1) is 0 Å². The Morgan fingerprint density at radius 3 is 2.26 bits per heavy atom. The van der Waals surface area contributed by atoms with E-state index >= 15 is 0 Å². The number of aromatic carboxylic acids is 2. The minimum atomic E-state index is -1.36. The van der Waals surface area contributed by atoms with Gasteiger partial charge in [-0.25, -0.2) is 14.4 Å². The molecule has 7 heteroatoms. The predicted octanol–water partition coefficient (Wildman–Crippen LogP) is 2.83. The highest BCUT2D eigenvalue weighted by Crippen LogP contribution is 2.18. The molecule has 0 saturated carbocycles. The highest BCUT2D eigenvalue weighted by Gasteiger charge is 2.16. The Balaban J connectivity index is 2.08. The van der Waals surface area contributed by atoms with Crippen LogP contribution in [0.15, 0.2) is 48.5 Å². The molecule has 3 N–H and O–H groups in total. The third kappa shape index (κ3) is 4.31. The van der Waals surface area contributed by atoms with E-state index in [1.54, 1.807) is 24.3 Å². The second-order valence-corrected chi connectivity index (χ2v) is 4.56. The maximum Gasteiger partial charge on any atom is 0.411 e. The Morgan fingerprint density at radius 1 is 0.957 bits per heavy atom. The van der Waals surface area contributed by atoms with Crippen LogP contribution in [0.5, 0.6) is 0 Å². The van der Waals surface area contributed by atoms with E-state index in [0.29, 0.717) is 0 Å². The van der Waals surface area contributed by atoms with Gasteiger partial charge in [-0.2, -0.15) is 0 Å². The lowest BCUT2D eigenvalue weighted by molar-refractivity contribution is 0.0696. The van der Waals surface area contributed by atoms with Gasteiger partial charge in [-0.3, -0.25) is 5.32 Å². The van der Waals surface area contributed by atoms with Gasteiger partial charge >= 0.3 is 18.0 Å². The molecule has 0 radical (unpaired) electrons. The highest BCUT2D eigenvalue weighted by molar-refractivity contribution is 6.01. The highest BCUT2D eigenvalue weighted by atomic mass is 16.5. The number of amides is 1. The fourth-order valence-electron chi connectivity index (χ4n) is 1.83. The Hall–Kier alpha value is -3.35. The molecule has 2 aromatic rings. The van der Waals surface area contributed by atoms with Crippen molar-refractivity contribution < 1.29 is 29.3 Å². The average Bonchev–Trinajstić information content (AvgIpc) is 2.54. The first kappa shape index (κ1) is 16.0. The van der Waals surface area contributed by atoms with E-state index in [0.717, 1.165) is 11.6 Å². The summed E-state index contributed by atoms with van der Waals surface area (Å²) in [5, 5.41) is 20.3. The number of hydrogen-bond donors (Lipinski definition) is 3. The molecule has 0 heterocycles. The number of carbonyl (C=O) groups is 3. The number of ether oxygens (including phenoxy) is 1. The molecule has 23 heavy (non-hydrogen) atoms. The molecule has 0 fully saturated rings. The van der Waals surface area contributed by atoms with Crippen molar-refractivity contribution in [2.45, 2.75) is 6.61 Å². The number of anilines is 1. The fraction of sp³-hybridized carbons (Fsp3) is 0.0625. The maximum absolute atomic E-state index is 11.7. The first-order valence-electron chi connectivity index (χ1n) is 6.55. The summed E-state index contributed by atoms with van der Waals surface area (Å²) in [5.41, 5.74) is 0.218. The molecule has 0 aromatic heterocycles. The quantitative estimate of drug-likeness (QED) is 0.782. The van der Waals surface area contributed by atoms with E-state index in [1.807, 2.05) is 6.07 Å². The van der Waals surface area contributed by atoms with Gasteiger partial charge in [0.2, 0.25) is 0 Å². The number of rotatable bonds is 5. The number of benzene rings is 2. The zero-order valence-electron chi connectivity index (χ0n) is 11.9. The van der Waals surface area contributed by atoms with E-state index in [9.17, 15) is 14.4 Å². The van der Waals surface area contributed by atoms with Crippen molar-refractivity contribution in [3.63, 3.8) is 0 Å². The summed E-state index contributed by atoms with van der Waals surface area (Å²) in [6.07, 6.45) is -0.834. The number of carboxylic acid groups (broad SMARTS) is 2. The Kier molecular flexibility index (Phi) is 4.93. The molecule has 2 rings (SSSR count). The smallest absolute Gasteiger partial charge is 0.411 e. The molecule has 0 aliphatic rings. The SMILES string of the molecule is O=C(Nc1ccc(C(=O)O)cc1C(=O)O)OCc1ccccc1. The third-order valence-corrected chi connectivity index (χ3v) is 2.95. The van der Waals surface area contributed by atoms with Crippen LogP contribution >= 0.6 is 0 Å². The molecule has 118 valence electrons. The molecular weight excluding hydrogens is 302 g/mol. The second kappa shape index (κ2) is 7.08. The standard InChI is InChI=1S/C16H13NO6/c18-14(19)11-6-7-13(12(8-11)15(20)21)17-16(22)23-9-10-4-2-1-3-5-10/h1-8H,9H2,(H,17,22)(H,18,19)(H,20,21). The summed E-state index contributed by atoms with van der Waals surface area (Å²) in [5.74, 6) is -2.61. The van der Waals surface area contributed by atoms with Crippen molar-refractivity contribution >= 4 is 23.7 Å². The summed E-state index contributed by atoms with van der Waals surface area (Å²) in [4.78, 5) is 33.8. The summed E-state index contributed by atoms with van der Waals surface area (Å²) in [6, 6.07) is 12.3.